The van der Waals surface area contributed by atoms with Crippen molar-refractivity contribution >= 4 is 5.91 Å². The smallest absolute Gasteiger partial charge is 0.242 e. The molecule has 19 heavy (non-hydrogen) atoms. The summed E-state index contributed by atoms with van der Waals surface area (Å²) >= 11 is 0. The summed E-state index contributed by atoms with van der Waals surface area (Å²) in [4.78, 5) is 15.1. The SMILES string of the molecule is CC(C)CN(C(=O)C1(N)CCCCC1)C1CCCC1. The van der Waals surface area contributed by atoms with Gasteiger partial charge in [0.1, 0.15) is 0 Å². The van der Waals surface area contributed by atoms with Crippen LogP contribution in [-0.4, -0.2) is 28.9 Å². The Balaban J connectivity index is 2.09. The summed E-state index contributed by atoms with van der Waals surface area (Å²) in [5.41, 5.74) is 5.90. The van der Waals surface area contributed by atoms with E-state index >= 15 is 0 Å². The Morgan fingerprint density at radius 2 is 1.74 bits per heavy atom. The first-order chi connectivity index (χ1) is 9.03. The van der Waals surface area contributed by atoms with E-state index in [4.69, 9.17) is 5.73 Å². The summed E-state index contributed by atoms with van der Waals surface area (Å²) in [6, 6.07) is 0.456. The lowest BCUT2D eigenvalue weighted by atomic mass is 9.81. The lowest BCUT2D eigenvalue weighted by molar-refractivity contribution is -0.141. The van der Waals surface area contributed by atoms with Crippen LogP contribution in [0.2, 0.25) is 0 Å². The predicted octanol–water partition coefficient (Wildman–Crippen LogP) is 3.08. The monoisotopic (exact) mass is 266 g/mol. The molecular weight excluding hydrogens is 236 g/mol. The zero-order chi connectivity index (χ0) is 13.9. The van der Waals surface area contributed by atoms with E-state index in [-0.39, 0.29) is 5.91 Å². The van der Waals surface area contributed by atoms with Gasteiger partial charge in [-0.2, -0.15) is 0 Å². The minimum atomic E-state index is -0.560. The summed E-state index contributed by atoms with van der Waals surface area (Å²) in [5.74, 6) is 0.768. The maximum Gasteiger partial charge on any atom is 0.242 e. The lowest BCUT2D eigenvalue weighted by Gasteiger charge is -2.40. The molecule has 1 amide bonds. The van der Waals surface area contributed by atoms with Crippen LogP contribution in [-0.2, 0) is 4.79 Å². The highest BCUT2D eigenvalue weighted by atomic mass is 16.2. The number of carbonyl (C=O) groups is 1. The molecular formula is C16H30N2O. The first-order valence-corrected chi connectivity index (χ1v) is 8.13. The van der Waals surface area contributed by atoms with Crippen molar-refractivity contribution in [2.45, 2.75) is 83.2 Å². The molecule has 2 aliphatic carbocycles. The van der Waals surface area contributed by atoms with Gasteiger partial charge in [-0.3, -0.25) is 4.79 Å². The fraction of sp³-hybridized carbons (Fsp3) is 0.938. The molecule has 2 fully saturated rings. The van der Waals surface area contributed by atoms with E-state index in [2.05, 4.69) is 18.7 Å². The Morgan fingerprint density at radius 1 is 1.16 bits per heavy atom. The highest BCUT2D eigenvalue weighted by molar-refractivity contribution is 5.86. The van der Waals surface area contributed by atoms with Gasteiger partial charge in [0.2, 0.25) is 5.91 Å². The molecule has 0 spiro atoms. The Morgan fingerprint density at radius 3 is 2.26 bits per heavy atom. The minimum absolute atomic E-state index is 0.243. The highest BCUT2D eigenvalue weighted by Crippen LogP contribution is 2.31. The summed E-state index contributed by atoms with van der Waals surface area (Å²) in [6.45, 7) is 5.26. The third kappa shape index (κ3) is 3.50. The molecule has 2 rings (SSSR count). The van der Waals surface area contributed by atoms with E-state index in [0.29, 0.717) is 12.0 Å². The topological polar surface area (TPSA) is 46.3 Å². The molecule has 0 bridgehead atoms. The summed E-state index contributed by atoms with van der Waals surface area (Å²) in [6.07, 6.45) is 10.1. The van der Waals surface area contributed by atoms with Crippen LogP contribution >= 0.6 is 0 Å². The van der Waals surface area contributed by atoms with Crippen LogP contribution < -0.4 is 5.73 Å². The van der Waals surface area contributed by atoms with Gasteiger partial charge in [-0.25, -0.2) is 0 Å². The van der Waals surface area contributed by atoms with Crippen LogP contribution in [0.15, 0.2) is 0 Å². The molecule has 3 heteroatoms. The summed E-state index contributed by atoms with van der Waals surface area (Å²) in [5, 5.41) is 0. The lowest BCUT2D eigenvalue weighted by Crippen LogP contribution is -2.58. The van der Waals surface area contributed by atoms with Crippen LogP contribution in [0.5, 0.6) is 0 Å². The molecule has 2 aliphatic rings. The Kier molecular flexibility index (Phi) is 4.88. The number of rotatable bonds is 4. The van der Waals surface area contributed by atoms with Gasteiger partial charge < -0.3 is 10.6 Å². The van der Waals surface area contributed by atoms with Gasteiger partial charge in [0, 0.05) is 12.6 Å². The fourth-order valence-electron chi connectivity index (χ4n) is 3.69. The average molecular weight is 266 g/mol. The van der Waals surface area contributed by atoms with Crippen molar-refractivity contribution in [3.63, 3.8) is 0 Å². The van der Waals surface area contributed by atoms with E-state index in [1.807, 2.05) is 0 Å². The number of carbonyl (C=O) groups excluding carboxylic acids is 1. The molecule has 2 N–H and O–H groups in total. The largest absolute Gasteiger partial charge is 0.338 e. The second-order valence-corrected chi connectivity index (χ2v) is 7.01. The van der Waals surface area contributed by atoms with Crippen molar-refractivity contribution in [1.82, 2.24) is 4.90 Å². The van der Waals surface area contributed by atoms with Crippen LogP contribution in [0.4, 0.5) is 0 Å². The summed E-state index contributed by atoms with van der Waals surface area (Å²) in [7, 11) is 0. The Hall–Kier alpha value is -0.570. The zero-order valence-corrected chi connectivity index (χ0v) is 12.7. The molecule has 0 atom stereocenters. The van der Waals surface area contributed by atoms with E-state index in [0.717, 1.165) is 32.2 Å². The van der Waals surface area contributed by atoms with Gasteiger partial charge in [-0.05, 0) is 31.6 Å². The molecule has 0 aromatic rings. The number of hydrogen-bond donors (Lipinski definition) is 1. The molecule has 2 saturated carbocycles. The second kappa shape index (κ2) is 6.25. The van der Waals surface area contributed by atoms with Gasteiger partial charge in [0.15, 0.2) is 0 Å². The van der Waals surface area contributed by atoms with E-state index in [9.17, 15) is 4.79 Å². The van der Waals surface area contributed by atoms with Gasteiger partial charge in [-0.1, -0.05) is 46.0 Å². The fourth-order valence-corrected chi connectivity index (χ4v) is 3.69. The van der Waals surface area contributed by atoms with Gasteiger partial charge >= 0.3 is 0 Å². The average Bonchev–Trinajstić information content (AvgIpc) is 2.89. The van der Waals surface area contributed by atoms with Crippen LogP contribution in [0, 0.1) is 5.92 Å². The molecule has 0 radical (unpaired) electrons. The molecule has 0 heterocycles. The van der Waals surface area contributed by atoms with E-state index < -0.39 is 5.54 Å². The Labute approximate surface area is 117 Å². The van der Waals surface area contributed by atoms with Crippen molar-refractivity contribution < 1.29 is 4.79 Å². The van der Waals surface area contributed by atoms with Crippen LogP contribution in [0.3, 0.4) is 0 Å². The number of hydrogen-bond acceptors (Lipinski definition) is 2. The third-order valence-corrected chi connectivity index (χ3v) is 4.76. The molecule has 0 unspecified atom stereocenters. The summed E-state index contributed by atoms with van der Waals surface area (Å²) < 4.78 is 0. The molecule has 0 aromatic heterocycles. The van der Waals surface area contributed by atoms with Crippen LogP contribution in [0.1, 0.15) is 71.6 Å². The number of nitrogens with two attached hydrogens (primary N) is 1. The van der Waals surface area contributed by atoms with Crippen molar-refractivity contribution in [2.24, 2.45) is 11.7 Å². The molecule has 0 aliphatic heterocycles. The first kappa shape index (κ1) is 14.8. The maximum absolute atomic E-state index is 12.9. The van der Waals surface area contributed by atoms with E-state index in [1.54, 1.807) is 0 Å². The third-order valence-electron chi connectivity index (χ3n) is 4.76. The van der Waals surface area contributed by atoms with Crippen molar-refractivity contribution in [1.29, 1.82) is 0 Å². The zero-order valence-electron chi connectivity index (χ0n) is 12.7. The highest BCUT2D eigenvalue weighted by Gasteiger charge is 2.41. The van der Waals surface area contributed by atoms with E-state index in [1.165, 1.54) is 32.1 Å². The first-order valence-electron chi connectivity index (χ1n) is 8.13. The second-order valence-electron chi connectivity index (χ2n) is 7.01. The number of amides is 1. The standard InChI is InChI=1S/C16H30N2O/c1-13(2)12-18(14-8-4-5-9-14)15(19)16(17)10-6-3-7-11-16/h13-14H,3-12,17H2,1-2H3. The molecule has 3 nitrogen and oxygen atoms in total. The molecule has 0 saturated heterocycles. The van der Waals surface area contributed by atoms with Crippen molar-refractivity contribution in [3.8, 4) is 0 Å². The number of nitrogens with zero attached hydrogens (tertiary/aromatic N) is 1. The quantitative estimate of drug-likeness (QED) is 0.850. The van der Waals surface area contributed by atoms with Crippen LogP contribution in [0.25, 0.3) is 0 Å². The molecule has 110 valence electrons. The van der Waals surface area contributed by atoms with Gasteiger partial charge in [0.05, 0.1) is 5.54 Å². The van der Waals surface area contributed by atoms with Crippen molar-refractivity contribution in [3.05, 3.63) is 0 Å². The maximum atomic E-state index is 12.9. The minimum Gasteiger partial charge on any atom is -0.338 e. The van der Waals surface area contributed by atoms with Crippen molar-refractivity contribution in [2.75, 3.05) is 6.54 Å². The van der Waals surface area contributed by atoms with Gasteiger partial charge in [0.25, 0.3) is 0 Å². The Bertz CT molecular complexity index is 302. The van der Waals surface area contributed by atoms with Gasteiger partial charge in [-0.15, -0.1) is 0 Å². The normalized spacial score (nSPS) is 23.8. The molecule has 0 aromatic carbocycles. The predicted molar refractivity (Wildman–Crippen MR) is 78.8 cm³/mol.